The zero-order valence-electron chi connectivity index (χ0n) is 17.0. The molecule has 5 nitrogen and oxygen atoms in total. The predicted molar refractivity (Wildman–Crippen MR) is 112 cm³/mol. The number of aliphatic carboxylic acids is 1. The monoisotopic (exact) mass is 506 g/mol. The van der Waals surface area contributed by atoms with Gasteiger partial charge in [0, 0.05) is 31.9 Å². The molecule has 0 saturated carbocycles. The Hall–Kier alpha value is -1.11. The standard InChI is InChI=1S/C21H28Cl2N2O3.BrH/c1-15(26)9-5-3-7-11-24-16(2)25(12-8-4-6-10-21(27)28)20-14-18(23)17(22)13-19(20)24;/h13-14H,3-12H2,1-2H3;1H. The summed E-state index contributed by atoms with van der Waals surface area (Å²) in [6.45, 7) is 5.41. The van der Waals surface area contributed by atoms with Gasteiger partial charge in [-0.15, -0.1) is 0 Å². The lowest BCUT2D eigenvalue weighted by Gasteiger charge is -2.02. The molecular weight excluding hydrogens is 479 g/mol. The number of Topliss-reactive ketones (excluding diaryl/α,β-unsaturated/α-hetero) is 1. The van der Waals surface area contributed by atoms with Crippen LogP contribution in [-0.2, 0) is 22.7 Å². The molecule has 2 aromatic rings. The van der Waals surface area contributed by atoms with E-state index in [9.17, 15) is 9.59 Å². The van der Waals surface area contributed by atoms with E-state index in [0.717, 1.165) is 62.1 Å². The Morgan fingerprint density at radius 3 is 2.28 bits per heavy atom. The molecule has 162 valence electrons. The van der Waals surface area contributed by atoms with Gasteiger partial charge in [-0.3, -0.25) is 4.79 Å². The molecule has 8 heteroatoms. The van der Waals surface area contributed by atoms with Crippen LogP contribution in [0, 0.1) is 6.92 Å². The van der Waals surface area contributed by atoms with Gasteiger partial charge in [0.2, 0.25) is 0 Å². The molecule has 0 saturated heterocycles. The third kappa shape index (κ3) is 7.58. The van der Waals surface area contributed by atoms with Crippen molar-refractivity contribution in [2.75, 3.05) is 0 Å². The fourth-order valence-electron chi connectivity index (χ4n) is 3.56. The van der Waals surface area contributed by atoms with Gasteiger partial charge in [-0.1, -0.05) is 23.2 Å². The van der Waals surface area contributed by atoms with E-state index in [4.69, 9.17) is 28.3 Å². The number of nitrogens with zero attached hydrogens (tertiary/aromatic N) is 2. The Morgan fingerprint density at radius 2 is 1.62 bits per heavy atom. The molecule has 0 aliphatic carbocycles. The molecule has 0 aliphatic rings. The molecule has 1 N–H and O–H groups in total. The highest BCUT2D eigenvalue weighted by Crippen LogP contribution is 2.28. The van der Waals surface area contributed by atoms with E-state index in [1.54, 1.807) is 6.92 Å². The number of benzene rings is 1. The van der Waals surface area contributed by atoms with Gasteiger partial charge >= 0.3 is 5.97 Å². The number of carbonyl (C=O) groups excluding carboxylic acids is 1. The molecule has 29 heavy (non-hydrogen) atoms. The van der Waals surface area contributed by atoms with Crippen molar-refractivity contribution < 1.29 is 36.2 Å². The second-order valence-electron chi connectivity index (χ2n) is 7.32. The number of fused-ring (bicyclic) bond motifs is 1. The first kappa shape index (κ1) is 25.9. The van der Waals surface area contributed by atoms with E-state index in [1.165, 1.54) is 0 Å². The van der Waals surface area contributed by atoms with Crippen LogP contribution in [0.2, 0.25) is 10.0 Å². The highest BCUT2D eigenvalue weighted by molar-refractivity contribution is 6.42. The molecule has 1 heterocycles. The third-order valence-corrected chi connectivity index (χ3v) is 5.79. The van der Waals surface area contributed by atoms with Crippen molar-refractivity contribution in [2.45, 2.75) is 78.3 Å². The number of carbonyl (C=O) groups is 2. The van der Waals surface area contributed by atoms with E-state index in [2.05, 4.69) is 16.1 Å². The first-order valence-electron chi connectivity index (χ1n) is 9.90. The third-order valence-electron chi connectivity index (χ3n) is 5.06. The molecule has 0 fully saturated rings. The lowest BCUT2D eigenvalue weighted by molar-refractivity contribution is -0.678. The van der Waals surface area contributed by atoms with Crippen LogP contribution in [0.4, 0.5) is 0 Å². The van der Waals surface area contributed by atoms with E-state index in [-0.39, 0.29) is 29.2 Å². The van der Waals surface area contributed by atoms with Crippen LogP contribution in [0.25, 0.3) is 11.0 Å². The van der Waals surface area contributed by atoms with E-state index >= 15 is 0 Å². The minimum Gasteiger partial charge on any atom is -1.00 e. The molecule has 0 unspecified atom stereocenters. The van der Waals surface area contributed by atoms with Crippen LogP contribution in [0.3, 0.4) is 0 Å². The summed E-state index contributed by atoms with van der Waals surface area (Å²) in [7, 11) is 0. The second kappa shape index (κ2) is 12.6. The Bertz CT molecular complexity index is 785. The quantitative estimate of drug-likeness (QED) is 0.354. The minimum absolute atomic E-state index is 0. The zero-order valence-corrected chi connectivity index (χ0v) is 20.1. The van der Waals surface area contributed by atoms with Crippen LogP contribution in [0.1, 0.15) is 64.1 Å². The Labute approximate surface area is 192 Å². The summed E-state index contributed by atoms with van der Waals surface area (Å²) in [5.74, 6) is 0.634. The van der Waals surface area contributed by atoms with Gasteiger partial charge < -0.3 is 26.9 Å². The molecule has 2 rings (SSSR count). The molecule has 0 bridgehead atoms. The molecule has 1 aromatic heterocycles. The number of unbranched alkanes of at least 4 members (excludes halogenated alkanes) is 4. The Balaban J connectivity index is 0.00000420. The largest absolute Gasteiger partial charge is 1.00 e. The number of ketones is 1. The number of hydrogen-bond donors (Lipinski definition) is 1. The highest BCUT2D eigenvalue weighted by Gasteiger charge is 2.22. The van der Waals surface area contributed by atoms with E-state index in [0.29, 0.717) is 22.9 Å². The first-order valence-corrected chi connectivity index (χ1v) is 10.7. The van der Waals surface area contributed by atoms with Crippen LogP contribution >= 0.6 is 23.2 Å². The topological polar surface area (TPSA) is 63.2 Å². The smallest absolute Gasteiger partial charge is 0.303 e. The number of aryl methyl sites for hydroxylation is 2. The van der Waals surface area contributed by atoms with Gasteiger partial charge in [0.25, 0.3) is 5.82 Å². The molecule has 0 amide bonds. The summed E-state index contributed by atoms with van der Waals surface area (Å²) in [6.07, 6.45) is 6.26. The van der Waals surface area contributed by atoms with Gasteiger partial charge in [-0.2, -0.15) is 0 Å². The SMILES string of the molecule is CC(=O)CCCCC[n+]1c(C)n(CCCCCC(=O)O)c2cc(Cl)c(Cl)cc21.[Br-]. The molecule has 0 atom stereocenters. The number of imidazole rings is 1. The lowest BCUT2D eigenvalue weighted by Crippen LogP contribution is -3.00. The molecule has 1 aromatic carbocycles. The van der Waals surface area contributed by atoms with Gasteiger partial charge in [-0.25, -0.2) is 9.13 Å². The Kier molecular flexibility index (Phi) is 11.2. The zero-order chi connectivity index (χ0) is 20.7. The van der Waals surface area contributed by atoms with Crippen LogP contribution in [-0.4, -0.2) is 21.4 Å². The maximum absolute atomic E-state index is 11.1. The predicted octanol–water partition coefficient (Wildman–Crippen LogP) is 2.34. The number of rotatable bonds is 12. The summed E-state index contributed by atoms with van der Waals surface area (Å²) < 4.78 is 4.51. The van der Waals surface area contributed by atoms with Crippen LogP contribution in [0.15, 0.2) is 12.1 Å². The van der Waals surface area contributed by atoms with Crippen molar-refractivity contribution in [2.24, 2.45) is 0 Å². The van der Waals surface area contributed by atoms with E-state index < -0.39 is 5.97 Å². The number of aromatic nitrogens is 2. The first-order chi connectivity index (χ1) is 13.3. The van der Waals surface area contributed by atoms with Crippen molar-refractivity contribution in [1.29, 1.82) is 0 Å². The highest BCUT2D eigenvalue weighted by atomic mass is 79.9. The summed E-state index contributed by atoms with van der Waals surface area (Å²) in [4.78, 5) is 21.8. The number of carboxylic acids is 1. The van der Waals surface area contributed by atoms with Crippen molar-refractivity contribution in [3.8, 4) is 0 Å². The lowest BCUT2D eigenvalue weighted by atomic mass is 10.1. The van der Waals surface area contributed by atoms with E-state index in [1.807, 2.05) is 12.1 Å². The maximum Gasteiger partial charge on any atom is 0.303 e. The van der Waals surface area contributed by atoms with Crippen molar-refractivity contribution in [3.63, 3.8) is 0 Å². The van der Waals surface area contributed by atoms with Crippen molar-refractivity contribution >= 4 is 46.0 Å². The molecule has 0 aliphatic heterocycles. The van der Waals surface area contributed by atoms with Gasteiger partial charge in [0.15, 0.2) is 11.0 Å². The fourth-order valence-corrected chi connectivity index (χ4v) is 3.88. The Morgan fingerprint density at radius 1 is 1.00 bits per heavy atom. The van der Waals surface area contributed by atoms with Gasteiger partial charge in [-0.05, 0) is 45.4 Å². The second-order valence-corrected chi connectivity index (χ2v) is 8.14. The normalized spacial score (nSPS) is 10.9. The fraction of sp³-hybridized carbons (Fsp3) is 0.571. The average molecular weight is 508 g/mol. The number of carboxylic acid groups (broad SMARTS) is 1. The summed E-state index contributed by atoms with van der Waals surface area (Å²) in [5, 5.41) is 9.85. The molecule has 0 radical (unpaired) electrons. The van der Waals surface area contributed by atoms with Gasteiger partial charge in [0.05, 0.1) is 23.1 Å². The number of halogens is 3. The summed E-state index contributed by atoms with van der Waals surface area (Å²) in [6, 6.07) is 3.83. The van der Waals surface area contributed by atoms with Crippen LogP contribution in [0.5, 0.6) is 0 Å². The minimum atomic E-state index is -0.744. The molecule has 0 spiro atoms. The molecular formula is C21H29BrCl2N2O3. The maximum atomic E-state index is 11.1. The van der Waals surface area contributed by atoms with Crippen molar-refractivity contribution in [1.82, 2.24) is 4.57 Å². The van der Waals surface area contributed by atoms with Gasteiger partial charge in [0.1, 0.15) is 5.78 Å². The number of hydrogen-bond acceptors (Lipinski definition) is 2. The summed E-state index contributed by atoms with van der Waals surface area (Å²) >= 11 is 12.5. The summed E-state index contributed by atoms with van der Waals surface area (Å²) in [5.41, 5.74) is 2.11. The van der Waals surface area contributed by atoms with Crippen LogP contribution < -0.4 is 21.5 Å². The average Bonchev–Trinajstić information content (AvgIpc) is 2.86. The van der Waals surface area contributed by atoms with Crippen molar-refractivity contribution in [3.05, 3.63) is 28.0 Å².